The van der Waals surface area contributed by atoms with Gasteiger partial charge in [0.15, 0.2) is 0 Å². The zero-order valence-corrected chi connectivity index (χ0v) is 8.33. The fourth-order valence-electron chi connectivity index (χ4n) is 1.99. The molecule has 0 aromatic rings. The number of piperidine rings is 1. The van der Waals surface area contributed by atoms with Gasteiger partial charge in [-0.2, -0.15) is 11.8 Å². The van der Waals surface area contributed by atoms with Crippen molar-refractivity contribution < 1.29 is 0 Å². The first-order chi connectivity index (χ1) is 5.95. The maximum atomic E-state index is 3.73. The second kappa shape index (κ2) is 4.49. The van der Waals surface area contributed by atoms with Gasteiger partial charge in [-0.05, 0) is 31.6 Å². The molecule has 0 aromatic heterocycles. The van der Waals surface area contributed by atoms with Crippen LogP contribution in [0.4, 0.5) is 0 Å². The standard InChI is InChI=1S/C9H18N2S/c1-2-8(6-10-4-1)11-9-3-5-12-7-9/h8-11H,1-7H2. The fourth-order valence-corrected chi connectivity index (χ4v) is 3.16. The zero-order chi connectivity index (χ0) is 8.23. The Morgan fingerprint density at radius 3 is 2.92 bits per heavy atom. The lowest BCUT2D eigenvalue weighted by molar-refractivity contribution is 0.361. The Kier molecular flexibility index (Phi) is 3.31. The summed E-state index contributed by atoms with van der Waals surface area (Å²) in [4.78, 5) is 0. The maximum absolute atomic E-state index is 3.73. The van der Waals surface area contributed by atoms with Crippen molar-refractivity contribution in [3.63, 3.8) is 0 Å². The molecule has 0 saturated carbocycles. The van der Waals surface area contributed by atoms with Crippen molar-refractivity contribution in [2.75, 3.05) is 24.6 Å². The Balaban J connectivity index is 1.69. The van der Waals surface area contributed by atoms with E-state index in [9.17, 15) is 0 Å². The van der Waals surface area contributed by atoms with Gasteiger partial charge in [-0.15, -0.1) is 0 Å². The van der Waals surface area contributed by atoms with Crippen LogP contribution in [0, 0.1) is 0 Å². The zero-order valence-electron chi connectivity index (χ0n) is 7.51. The highest BCUT2D eigenvalue weighted by Crippen LogP contribution is 2.18. The van der Waals surface area contributed by atoms with Gasteiger partial charge in [0.25, 0.3) is 0 Å². The first-order valence-electron chi connectivity index (χ1n) is 4.99. The first kappa shape index (κ1) is 8.85. The van der Waals surface area contributed by atoms with Crippen LogP contribution in [0.25, 0.3) is 0 Å². The highest BCUT2D eigenvalue weighted by Gasteiger charge is 2.20. The number of nitrogens with one attached hydrogen (secondary N) is 2. The first-order valence-corrected chi connectivity index (χ1v) is 6.15. The van der Waals surface area contributed by atoms with Crippen LogP contribution >= 0.6 is 11.8 Å². The summed E-state index contributed by atoms with van der Waals surface area (Å²) in [5.41, 5.74) is 0. The predicted octanol–water partition coefficient (Wildman–Crippen LogP) is 0.833. The molecule has 0 aromatic carbocycles. The third kappa shape index (κ3) is 2.38. The van der Waals surface area contributed by atoms with Gasteiger partial charge in [-0.1, -0.05) is 0 Å². The Hall–Kier alpha value is 0.270. The van der Waals surface area contributed by atoms with Crippen molar-refractivity contribution >= 4 is 11.8 Å². The van der Waals surface area contributed by atoms with E-state index in [0.717, 1.165) is 12.1 Å². The average Bonchev–Trinajstić information content (AvgIpc) is 2.59. The van der Waals surface area contributed by atoms with Crippen LogP contribution < -0.4 is 10.6 Å². The molecule has 3 heteroatoms. The molecule has 70 valence electrons. The molecule has 2 nitrogen and oxygen atoms in total. The molecule has 0 bridgehead atoms. The monoisotopic (exact) mass is 186 g/mol. The summed E-state index contributed by atoms with van der Waals surface area (Å²) in [7, 11) is 0. The van der Waals surface area contributed by atoms with Crippen LogP contribution in [0.5, 0.6) is 0 Å². The second-order valence-corrected chi connectivity index (χ2v) is 4.92. The van der Waals surface area contributed by atoms with Gasteiger partial charge in [-0.25, -0.2) is 0 Å². The number of hydrogen-bond donors (Lipinski definition) is 2. The predicted molar refractivity (Wildman–Crippen MR) is 54.8 cm³/mol. The summed E-state index contributed by atoms with van der Waals surface area (Å²) in [6, 6.07) is 1.56. The molecule has 2 aliphatic rings. The van der Waals surface area contributed by atoms with Gasteiger partial charge in [0, 0.05) is 24.4 Å². The summed E-state index contributed by atoms with van der Waals surface area (Å²) < 4.78 is 0. The molecule has 2 heterocycles. The van der Waals surface area contributed by atoms with E-state index in [4.69, 9.17) is 0 Å². The Bertz CT molecular complexity index is 128. The van der Waals surface area contributed by atoms with Crippen molar-refractivity contribution in [1.82, 2.24) is 10.6 Å². The van der Waals surface area contributed by atoms with E-state index < -0.39 is 0 Å². The van der Waals surface area contributed by atoms with Crippen LogP contribution in [0.1, 0.15) is 19.3 Å². The third-order valence-electron chi connectivity index (χ3n) is 2.70. The highest BCUT2D eigenvalue weighted by molar-refractivity contribution is 7.99. The molecular formula is C9H18N2S. The molecule has 12 heavy (non-hydrogen) atoms. The quantitative estimate of drug-likeness (QED) is 0.668. The van der Waals surface area contributed by atoms with Crippen molar-refractivity contribution in [2.45, 2.75) is 31.3 Å². The van der Waals surface area contributed by atoms with Gasteiger partial charge >= 0.3 is 0 Å². The van der Waals surface area contributed by atoms with E-state index in [1.807, 2.05) is 0 Å². The van der Waals surface area contributed by atoms with Crippen LogP contribution in [0.3, 0.4) is 0 Å². The Morgan fingerprint density at radius 2 is 2.25 bits per heavy atom. The van der Waals surface area contributed by atoms with E-state index in [1.165, 1.54) is 43.9 Å². The molecule has 0 spiro atoms. The molecule has 2 fully saturated rings. The lowest BCUT2D eigenvalue weighted by Gasteiger charge is -2.26. The Labute approximate surface area is 78.9 Å². The summed E-state index contributed by atoms with van der Waals surface area (Å²) in [5.74, 6) is 2.69. The molecule has 2 unspecified atom stereocenters. The minimum absolute atomic E-state index is 0.752. The van der Waals surface area contributed by atoms with E-state index in [1.54, 1.807) is 0 Å². The molecule has 2 aliphatic heterocycles. The Morgan fingerprint density at radius 1 is 1.25 bits per heavy atom. The minimum Gasteiger partial charge on any atom is -0.315 e. The van der Waals surface area contributed by atoms with E-state index in [0.29, 0.717) is 0 Å². The fraction of sp³-hybridized carbons (Fsp3) is 1.00. The van der Waals surface area contributed by atoms with Gasteiger partial charge < -0.3 is 10.6 Å². The largest absolute Gasteiger partial charge is 0.315 e. The smallest absolute Gasteiger partial charge is 0.0195 e. The number of hydrogen-bond acceptors (Lipinski definition) is 3. The molecule has 0 amide bonds. The van der Waals surface area contributed by atoms with E-state index in [-0.39, 0.29) is 0 Å². The summed E-state index contributed by atoms with van der Waals surface area (Å²) >= 11 is 2.09. The van der Waals surface area contributed by atoms with Crippen molar-refractivity contribution in [2.24, 2.45) is 0 Å². The molecular weight excluding hydrogens is 168 g/mol. The summed E-state index contributed by atoms with van der Waals surface area (Å²) in [6.07, 6.45) is 4.09. The summed E-state index contributed by atoms with van der Waals surface area (Å²) in [6.45, 7) is 2.40. The van der Waals surface area contributed by atoms with Crippen molar-refractivity contribution in [3.8, 4) is 0 Å². The topological polar surface area (TPSA) is 24.1 Å². The minimum atomic E-state index is 0.752. The van der Waals surface area contributed by atoms with Gasteiger partial charge in [0.2, 0.25) is 0 Å². The van der Waals surface area contributed by atoms with Crippen molar-refractivity contribution in [3.05, 3.63) is 0 Å². The summed E-state index contributed by atoms with van der Waals surface area (Å²) in [5, 5.41) is 7.17. The normalized spacial score (nSPS) is 37.0. The molecule has 2 N–H and O–H groups in total. The molecule has 0 aliphatic carbocycles. The van der Waals surface area contributed by atoms with Crippen LogP contribution in [0.2, 0.25) is 0 Å². The van der Waals surface area contributed by atoms with Crippen LogP contribution in [0.15, 0.2) is 0 Å². The third-order valence-corrected chi connectivity index (χ3v) is 3.86. The highest BCUT2D eigenvalue weighted by atomic mass is 32.2. The van der Waals surface area contributed by atoms with Gasteiger partial charge in [0.05, 0.1) is 0 Å². The SMILES string of the molecule is C1CNCC(NC2CCSC2)C1. The molecule has 2 rings (SSSR count). The van der Waals surface area contributed by atoms with Gasteiger partial charge in [0.1, 0.15) is 0 Å². The molecule has 0 radical (unpaired) electrons. The lowest BCUT2D eigenvalue weighted by Crippen LogP contribution is -2.47. The number of thioether (sulfide) groups is 1. The number of rotatable bonds is 2. The van der Waals surface area contributed by atoms with E-state index >= 15 is 0 Å². The molecule has 2 saturated heterocycles. The second-order valence-electron chi connectivity index (χ2n) is 3.77. The average molecular weight is 186 g/mol. The van der Waals surface area contributed by atoms with Crippen LogP contribution in [-0.2, 0) is 0 Å². The van der Waals surface area contributed by atoms with E-state index in [2.05, 4.69) is 22.4 Å². The molecule has 2 atom stereocenters. The van der Waals surface area contributed by atoms with Gasteiger partial charge in [-0.3, -0.25) is 0 Å². The maximum Gasteiger partial charge on any atom is 0.0195 e. The lowest BCUT2D eigenvalue weighted by atomic mass is 10.1. The van der Waals surface area contributed by atoms with Crippen LogP contribution in [-0.4, -0.2) is 36.7 Å². The van der Waals surface area contributed by atoms with Crippen molar-refractivity contribution in [1.29, 1.82) is 0 Å².